The topological polar surface area (TPSA) is 42.1 Å². The van der Waals surface area contributed by atoms with E-state index in [1.807, 2.05) is 0 Å². The molecule has 1 saturated heterocycles. The number of pyridine rings is 1. The van der Waals surface area contributed by atoms with Crippen molar-refractivity contribution < 1.29 is 0 Å². The molecule has 112 valence electrons. The number of hydrogen-bond acceptors (Lipinski definition) is 3. The quantitative estimate of drug-likeness (QED) is 0.939. The number of anilines is 1. The minimum atomic E-state index is 0.155. The minimum Gasteiger partial charge on any atom is -0.353 e. The molecular formula is C18H25N3. The maximum absolute atomic E-state index is 6.05. The molecule has 2 heterocycles. The zero-order valence-electron chi connectivity index (χ0n) is 13.2. The molecule has 3 unspecified atom stereocenters. The van der Waals surface area contributed by atoms with E-state index in [1.54, 1.807) is 0 Å². The summed E-state index contributed by atoms with van der Waals surface area (Å²) in [7, 11) is 0. The number of benzene rings is 1. The molecule has 2 N–H and O–H groups in total. The van der Waals surface area contributed by atoms with Crippen molar-refractivity contribution >= 4 is 16.7 Å². The molecule has 21 heavy (non-hydrogen) atoms. The number of nitrogens with zero attached hydrogens (tertiary/aromatic N) is 2. The van der Waals surface area contributed by atoms with Crippen LogP contribution in [0.25, 0.3) is 10.9 Å². The lowest BCUT2D eigenvalue weighted by molar-refractivity contribution is 0.625. The van der Waals surface area contributed by atoms with Crippen LogP contribution in [0.5, 0.6) is 0 Å². The molecule has 0 radical (unpaired) electrons. The number of rotatable bonds is 3. The van der Waals surface area contributed by atoms with E-state index in [9.17, 15) is 0 Å². The van der Waals surface area contributed by atoms with Gasteiger partial charge in [0.15, 0.2) is 0 Å². The van der Waals surface area contributed by atoms with Gasteiger partial charge < -0.3 is 10.6 Å². The molecule has 0 amide bonds. The second kappa shape index (κ2) is 5.64. The molecular weight excluding hydrogens is 258 g/mol. The van der Waals surface area contributed by atoms with Gasteiger partial charge in [0.25, 0.3) is 0 Å². The predicted molar refractivity (Wildman–Crippen MR) is 89.7 cm³/mol. The van der Waals surface area contributed by atoms with Crippen LogP contribution in [0.3, 0.4) is 0 Å². The lowest BCUT2D eigenvalue weighted by Gasteiger charge is -2.26. The fourth-order valence-corrected chi connectivity index (χ4v) is 3.49. The van der Waals surface area contributed by atoms with Crippen LogP contribution >= 0.6 is 0 Å². The standard InChI is InChI=1S/C18H25N3/c1-12-8-14(3)21(11-12)18-16(9-13(2)19)10-15-6-4-5-7-17(15)20-18/h4-7,10,12-14H,8-9,11,19H2,1-3H3. The molecule has 0 spiro atoms. The van der Waals surface area contributed by atoms with Gasteiger partial charge in [-0.25, -0.2) is 4.98 Å². The highest BCUT2D eigenvalue weighted by atomic mass is 15.2. The molecule has 0 bridgehead atoms. The number of nitrogens with two attached hydrogens (primary N) is 1. The monoisotopic (exact) mass is 283 g/mol. The Labute approximate surface area is 127 Å². The van der Waals surface area contributed by atoms with Gasteiger partial charge in [0.2, 0.25) is 0 Å². The molecule has 1 aliphatic heterocycles. The first-order valence-electron chi connectivity index (χ1n) is 7.95. The number of hydrogen-bond donors (Lipinski definition) is 1. The Morgan fingerprint density at radius 1 is 1.33 bits per heavy atom. The van der Waals surface area contributed by atoms with Gasteiger partial charge in [-0.1, -0.05) is 25.1 Å². The van der Waals surface area contributed by atoms with Crippen LogP contribution in [0.1, 0.15) is 32.8 Å². The van der Waals surface area contributed by atoms with Crippen LogP contribution < -0.4 is 10.6 Å². The summed E-state index contributed by atoms with van der Waals surface area (Å²) in [5.74, 6) is 1.87. The molecule has 1 aromatic carbocycles. The maximum Gasteiger partial charge on any atom is 0.132 e. The Morgan fingerprint density at radius 3 is 2.76 bits per heavy atom. The highest BCUT2D eigenvalue weighted by Crippen LogP contribution is 2.32. The Balaban J connectivity index is 2.09. The average molecular weight is 283 g/mol. The highest BCUT2D eigenvalue weighted by molar-refractivity contribution is 5.82. The summed E-state index contributed by atoms with van der Waals surface area (Å²) in [6.07, 6.45) is 2.12. The van der Waals surface area contributed by atoms with Crippen molar-refractivity contribution in [1.29, 1.82) is 0 Å². The first-order valence-corrected chi connectivity index (χ1v) is 7.95. The van der Waals surface area contributed by atoms with Gasteiger partial charge in [0.1, 0.15) is 5.82 Å². The van der Waals surface area contributed by atoms with Crippen LogP contribution in [0, 0.1) is 5.92 Å². The van der Waals surface area contributed by atoms with E-state index in [2.05, 4.69) is 56.0 Å². The molecule has 3 atom stereocenters. The predicted octanol–water partition coefficient (Wildman–Crippen LogP) is 3.36. The number of para-hydroxylation sites is 1. The Hall–Kier alpha value is -1.61. The fraction of sp³-hybridized carbons (Fsp3) is 0.500. The smallest absolute Gasteiger partial charge is 0.132 e. The molecule has 0 saturated carbocycles. The zero-order chi connectivity index (χ0) is 15.0. The first kappa shape index (κ1) is 14.3. The normalized spacial score (nSPS) is 23.7. The third-order valence-electron chi connectivity index (χ3n) is 4.38. The third-order valence-corrected chi connectivity index (χ3v) is 4.38. The van der Waals surface area contributed by atoms with Crippen molar-refractivity contribution in [3.63, 3.8) is 0 Å². The van der Waals surface area contributed by atoms with Crippen molar-refractivity contribution in [3.8, 4) is 0 Å². The summed E-state index contributed by atoms with van der Waals surface area (Å²) in [6.45, 7) is 7.78. The van der Waals surface area contributed by atoms with Crippen LogP contribution in [0.2, 0.25) is 0 Å². The molecule has 0 aliphatic carbocycles. The Kier molecular flexibility index (Phi) is 3.85. The van der Waals surface area contributed by atoms with Crippen molar-refractivity contribution in [2.24, 2.45) is 11.7 Å². The molecule has 1 aromatic heterocycles. The van der Waals surface area contributed by atoms with Gasteiger partial charge in [-0.3, -0.25) is 0 Å². The second-order valence-electron chi connectivity index (χ2n) is 6.69. The van der Waals surface area contributed by atoms with Crippen molar-refractivity contribution in [2.45, 2.75) is 45.7 Å². The van der Waals surface area contributed by atoms with E-state index in [-0.39, 0.29) is 6.04 Å². The highest BCUT2D eigenvalue weighted by Gasteiger charge is 2.29. The lowest BCUT2D eigenvalue weighted by atomic mass is 10.0. The molecule has 3 heteroatoms. The maximum atomic E-state index is 6.05. The van der Waals surface area contributed by atoms with Crippen molar-refractivity contribution in [2.75, 3.05) is 11.4 Å². The van der Waals surface area contributed by atoms with E-state index in [0.717, 1.165) is 30.2 Å². The van der Waals surface area contributed by atoms with Gasteiger partial charge in [-0.2, -0.15) is 0 Å². The van der Waals surface area contributed by atoms with Crippen LogP contribution in [-0.2, 0) is 6.42 Å². The van der Waals surface area contributed by atoms with Crippen LogP contribution in [0.15, 0.2) is 30.3 Å². The first-order chi connectivity index (χ1) is 10.0. The fourth-order valence-electron chi connectivity index (χ4n) is 3.49. The minimum absolute atomic E-state index is 0.155. The van der Waals surface area contributed by atoms with Gasteiger partial charge in [0, 0.05) is 24.0 Å². The Bertz CT molecular complexity index is 635. The summed E-state index contributed by atoms with van der Waals surface area (Å²) >= 11 is 0. The largest absolute Gasteiger partial charge is 0.353 e. The average Bonchev–Trinajstić information content (AvgIpc) is 2.76. The molecule has 3 nitrogen and oxygen atoms in total. The Morgan fingerprint density at radius 2 is 2.10 bits per heavy atom. The number of fused-ring (bicyclic) bond motifs is 1. The molecule has 1 aliphatic rings. The van der Waals surface area contributed by atoms with Gasteiger partial charge in [-0.15, -0.1) is 0 Å². The summed E-state index contributed by atoms with van der Waals surface area (Å²) in [5, 5.41) is 1.21. The summed E-state index contributed by atoms with van der Waals surface area (Å²) in [4.78, 5) is 7.43. The summed E-state index contributed by atoms with van der Waals surface area (Å²) < 4.78 is 0. The summed E-state index contributed by atoms with van der Waals surface area (Å²) in [6, 6.07) is 11.3. The van der Waals surface area contributed by atoms with E-state index in [1.165, 1.54) is 17.4 Å². The lowest BCUT2D eigenvalue weighted by Crippen LogP contribution is -2.30. The third kappa shape index (κ3) is 2.88. The van der Waals surface area contributed by atoms with Crippen molar-refractivity contribution in [3.05, 3.63) is 35.9 Å². The zero-order valence-corrected chi connectivity index (χ0v) is 13.2. The molecule has 2 aromatic rings. The summed E-state index contributed by atoms with van der Waals surface area (Å²) in [5.41, 5.74) is 8.41. The van der Waals surface area contributed by atoms with Gasteiger partial charge in [-0.05, 0) is 50.3 Å². The second-order valence-corrected chi connectivity index (χ2v) is 6.69. The number of aromatic nitrogens is 1. The molecule has 1 fully saturated rings. The van der Waals surface area contributed by atoms with Crippen LogP contribution in [-0.4, -0.2) is 23.6 Å². The van der Waals surface area contributed by atoms with Crippen molar-refractivity contribution in [1.82, 2.24) is 4.98 Å². The van der Waals surface area contributed by atoms with E-state index in [0.29, 0.717) is 6.04 Å². The SMILES string of the molecule is CC(N)Cc1cc2ccccc2nc1N1CC(C)CC1C. The molecule has 3 rings (SSSR count). The van der Waals surface area contributed by atoms with Gasteiger partial charge >= 0.3 is 0 Å². The van der Waals surface area contributed by atoms with E-state index in [4.69, 9.17) is 10.7 Å². The van der Waals surface area contributed by atoms with Crippen LogP contribution in [0.4, 0.5) is 5.82 Å². The van der Waals surface area contributed by atoms with Gasteiger partial charge in [0.05, 0.1) is 5.52 Å². The van der Waals surface area contributed by atoms with E-state index >= 15 is 0 Å². The van der Waals surface area contributed by atoms with E-state index < -0.39 is 0 Å².